The molecule has 2 atom stereocenters. The van der Waals surface area contributed by atoms with Crippen LogP contribution in [0.15, 0.2) is 33.5 Å². The molecule has 0 spiro atoms. The van der Waals surface area contributed by atoms with Crippen molar-refractivity contribution in [3.8, 4) is 0 Å². The van der Waals surface area contributed by atoms with E-state index in [1.807, 2.05) is 18.2 Å². The lowest BCUT2D eigenvalue weighted by Gasteiger charge is -2.30. The minimum atomic E-state index is -0.428. The van der Waals surface area contributed by atoms with E-state index in [-0.39, 0.29) is 25.0 Å². The molecule has 0 bridgehead atoms. The molecular weight excluding hydrogens is 294 g/mol. The maximum absolute atomic E-state index is 12.1. The number of aromatic nitrogens is 1. The summed E-state index contributed by atoms with van der Waals surface area (Å²) < 4.78 is 12.3. The number of carbonyl (C=O) groups is 1. The summed E-state index contributed by atoms with van der Waals surface area (Å²) in [6.07, 6.45) is 5.72. The summed E-state index contributed by atoms with van der Waals surface area (Å²) in [6.45, 7) is 2.44. The van der Waals surface area contributed by atoms with Crippen LogP contribution in [-0.4, -0.2) is 16.6 Å². The molecule has 0 saturated heterocycles. The fourth-order valence-corrected chi connectivity index (χ4v) is 3.45. The topological polar surface area (TPSA) is 61.4 Å². The highest BCUT2D eigenvalue weighted by Gasteiger charge is 2.26. The van der Waals surface area contributed by atoms with Crippen LogP contribution in [0, 0.1) is 5.92 Å². The van der Waals surface area contributed by atoms with Crippen LogP contribution in [0.5, 0.6) is 0 Å². The Hall–Kier alpha value is -2.04. The second-order valence-corrected chi connectivity index (χ2v) is 6.22. The van der Waals surface area contributed by atoms with Crippen molar-refractivity contribution in [1.29, 1.82) is 0 Å². The van der Waals surface area contributed by atoms with E-state index in [9.17, 15) is 9.59 Å². The fraction of sp³-hybridized carbons (Fsp3) is 0.556. The van der Waals surface area contributed by atoms with Gasteiger partial charge in [-0.1, -0.05) is 25.5 Å². The highest BCUT2D eigenvalue weighted by atomic mass is 16.5. The molecular formula is C18H23NO4. The van der Waals surface area contributed by atoms with Gasteiger partial charge >= 0.3 is 11.7 Å². The van der Waals surface area contributed by atoms with Crippen molar-refractivity contribution in [2.45, 2.75) is 58.1 Å². The van der Waals surface area contributed by atoms with Gasteiger partial charge in [-0.15, -0.1) is 0 Å². The molecule has 2 unspecified atom stereocenters. The van der Waals surface area contributed by atoms with Gasteiger partial charge in [0.25, 0.3) is 0 Å². The Kier molecular flexibility index (Phi) is 4.84. The summed E-state index contributed by atoms with van der Waals surface area (Å²) in [4.78, 5) is 24.0. The smallest absolute Gasteiger partial charge is 0.419 e. The van der Waals surface area contributed by atoms with E-state index >= 15 is 0 Å². The maximum atomic E-state index is 12.1. The van der Waals surface area contributed by atoms with Gasteiger partial charge in [-0.3, -0.25) is 9.36 Å². The van der Waals surface area contributed by atoms with E-state index in [1.54, 1.807) is 6.07 Å². The number of oxazole rings is 1. The lowest BCUT2D eigenvalue weighted by molar-refractivity contribution is -0.154. The van der Waals surface area contributed by atoms with Crippen molar-refractivity contribution >= 4 is 17.1 Å². The summed E-state index contributed by atoms with van der Waals surface area (Å²) >= 11 is 0. The summed E-state index contributed by atoms with van der Waals surface area (Å²) in [5.74, 6) is -0.180. The van der Waals surface area contributed by atoms with Crippen LogP contribution in [0.3, 0.4) is 0 Å². The van der Waals surface area contributed by atoms with Crippen LogP contribution < -0.4 is 5.76 Å². The van der Waals surface area contributed by atoms with Crippen LogP contribution in [-0.2, 0) is 16.1 Å². The van der Waals surface area contributed by atoms with Gasteiger partial charge in [0.1, 0.15) is 6.10 Å². The molecule has 3 rings (SSSR count). The number of esters is 1. The number of ether oxygens (including phenoxy) is 1. The van der Waals surface area contributed by atoms with Crippen molar-refractivity contribution in [3.63, 3.8) is 0 Å². The van der Waals surface area contributed by atoms with Gasteiger partial charge in [0.05, 0.1) is 11.9 Å². The molecule has 0 amide bonds. The molecule has 1 aliphatic rings. The Morgan fingerprint density at radius 1 is 1.30 bits per heavy atom. The minimum absolute atomic E-state index is 0.0408. The van der Waals surface area contributed by atoms with Crippen LogP contribution in [0.25, 0.3) is 11.1 Å². The predicted octanol–water partition coefficient (Wildman–Crippen LogP) is 3.50. The van der Waals surface area contributed by atoms with Gasteiger partial charge in [0, 0.05) is 6.54 Å². The molecule has 0 aliphatic heterocycles. The Morgan fingerprint density at radius 3 is 2.91 bits per heavy atom. The third-order valence-electron chi connectivity index (χ3n) is 4.76. The first-order chi connectivity index (χ1) is 11.2. The number of benzene rings is 1. The molecule has 1 aromatic carbocycles. The summed E-state index contributed by atoms with van der Waals surface area (Å²) in [6, 6.07) is 7.23. The number of hydrogen-bond donors (Lipinski definition) is 0. The van der Waals surface area contributed by atoms with Crippen molar-refractivity contribution in [2.75, 3.05) is 0 Å². The third-order valence-corrected chi connectivity index (χ3v) is 4.76. The zero-order valence-electron chi connectivity index (χ0n) is 13.5. The molecule has 1 saturated carbocycles. The van der Waals surface area contributed by atoms with Gasteiger partial charge in [-0.05, 0) is 43.7 Å². The normalized spacial score (nSPS) is 21.4. The van der Waals surface area contributed by atoms with Crippen molar-refractivity contribution < 1.29 is 13.9 Å². The molecule has 124 valence electrons. The van der Waals surface area contributed by atoms with Gasteiger partial charge < -0.3 is 9.15 Å². The first kappa shape index (κ1) is 15.8. The maximum Gasteiger partial charge on any atom is 0.419 e. The number of carbonyl (C=O) groups excluding carboxylic acids is 1. The predicted molar refractivity (Wildman–Crippen MR) is 87.2 cm³/mol. The molecule has 1 aliphatic carbocycles. The third kappa shape index (κ3) is 3.49. The van der Waals surface area contributed by atoms with E-state index in [0.717, 1.165) is 31.2 Å². The fourth-order valence-electron chi connectivity index (χ4n) is 3.45. The largest absolute Gasteiger partial charge is 0.462 e. The number of nitrogens with zero attached hydrogens (tertiary/aromatic N) is 1. The molecule has 23 heavy (non-hydrogen) atoms. The summed E-state index contributed by atoms with van der Waals surface area (Å²) in [5, 5.41) is 0. The lowest BCUT2D eigenvalue weighted by Crippen LogP contribution is -2.30. The molecule has 2 aromatic rings. The van der Waals surface area contributed by atoms with Crippen LogP contribution in [0.1, 0.15) is 45.4 Å². The van der Waals surface area contributed by atoms with Crippen molar-refractivity contribution in [2.24, 2.45) is 5.92 Å². The molecule has 1 fully saturated rings. The number of fused-ring (bicyclic) bond motifs is 1. The molecule has 1 aromatic heterocycles. The minimum Gasteiger partial charge on any atom is -0.462 e. The SMILES string of the molecule is CCC1CCCCC1OC(=O)CCn1c(=O)oc2ccccc21. The monoisotopic (exact) mass is 317 g/mol. The van der Waals surface area contributed by atoms with Gasteiger partial charge in [0.15, 0.2) is 5.58 Å². The average molecular weight is 317 g/mol. The van der Waals surface area contributed by atoms with Gasteiger partial charge in [-0.2, -0.15) is 0 Å². The Balaban J connectivity index is 1.62. The highest BCUT2D eigenvalue weighted by Crippen LogP contribution is 2.29. The van der Waals surface area contributed by atoms with E-state index in [1.165, 1.54) is 11.0 Å². The molecule has 5 nitrogen and oxygen atoms in total. The highest BCUT2D eigenvalue weighted by molar-refractivity contribution is 5.73. The quantitative estimate of drug-likeness (QED) is 0.792. The van der Waals surface area contributed by atoms with Crippen LogP contribution in [0.2, 0.25) is 0 Å². The molecule has 5 heteroatoms. The van der Waals surface area contributed by atoms with E-state index in [4.69, 9.17) is 9.15 Å². The number of hydrogen-bond acceptors (Lipinski definition) is 4. The Morgan fingerprint density at radius 2 is 2.09 bits per heavy atom. The second-order valence-electron chi connectivity index (χ2n) is 6.22. The Bertz CT molecular complexity index is 730. The Labute approximate surface area is 135 Å². The zero-order chi connectivity index (χ0) is 16.2. The summed E-state index contributed by atoms with van der Waals surface area (Å²) in [5.41, 5.74) is 1.26. The van der Waals surface area contributed by atoms with Crippen molar-refractivity contribution in [3.05, 3.63) is 34.8 Å². The first-order valence-corrected chi connectivity index (χ1v) is 8.47. The first-order valence-electron chi connectivity index (χ1n) is 8.47. The standard InChI is InChI=1S/C18H23NO4/c1-2-13-7-3-5-9-15(13)22-17(20)11-12-19-14-8-4-6-10-16(14)23-18(19)21/h4,6,8,10,13,15H,2-3,5,7,9,11-12H2,1H3. The van der Waals surface area contributed by atoms with Crippen molar-refractivity contribution in [1.82, 2.24) is 4.57 Å². The number of rotatable bonds is 5. The number of aryl methyl sites for hydroxylation is 1. The zero-order valence-corrected chi connectivity index (χ0v) is 13.5. The second kappa shape index (κ2) is 7.02. The van der Waals surface area contributed by atoms with Gasteiger partial charge in [-0.25, -0.2) is 4.79 Å². The van der Waals surface area contributed by atoms with Gasteiger partial charge in [0.2, 0.25) is 0 Å². The average Bonchev–Trinajstić information content (AvgIpc) is 2.88. The van der Waals surface area contributed by atoms with E-state index in [0.29, 0.717) is 11.5 Å². The number of para-hydroxylation sites is 2. The molecule has 0 N–H and O–H groups in total. The van der Waals surface area contributed by atoms with E-state index in [2.05, 4.69) is 6.92 Å². The lowest BCUT2D eigenvalue weighted by atomic mass is 9.85. The van der Waals surface area contributed by atoms with Crippen LogP contribution in [0.4, 0.5) is 0 Å². The van der Waals surface area contributed by atoms with E-state index < -0.39 is 5.76 Å². The molecule has 1 heterocycles. The molecule has 0 radical (unpaired) electrons. The van der Waals surface area contributed by atoms with Crippen LogP contribution >= 0.6 is 0 Å². The summed E-state index contributed by atoms with van der Waals surface area (Å²) in [7, 11) is 0.